The second kappa shape index (κ2) is 7.40. The lowest BCUT2D eigenvalue weighted by atomic mass is 9.96. The van der Waals surface area contributed by atoms with E-state index in [2.05, 4.69) is 5.10 Å². The number of esters is 1. The van der Waals surface area contributed by atoms with Crippen molar-refractivity contribution in [3.8, 4) is 0 Å². The van der Waals surface area contributed by atoms with E-state index in [0.717, 1.165) is 18.4 Å². The fourth-order valence-corrected chi connectivity index (χ4v) is 3.33. The van der Waals surface area contributed by atoms with E-state index in [0.29, 0.717) is 25.1 Å². The molecule has 1 unspecified atom stereocenters. The molecule has 3 rings (SSSR count). The zero-order valence-electron chi connectivity index (χ0n) is 14.4. The fraction of sp³-hybridized carbons (Fsp3) is 0.421. The molecule has 1 aliphatic carbocycles. The lowest BCUT2D eigenvalue weighted by Gasteiger charge is -2.20. The molecule has 1 atom stereocenters. The Morgan fingerprint density at radius 2 is 2.00 bits per heavy atom. The van der Waals surface area contributed by atoms with Crippen molar-refractivity contribution in [1.82, 2.24) is 9.78 Å². The first-order valence-electron chi connectivity index (χ1n) is 8.48. The van der Waals surface area contributed by atoms with E-state index in [1.54, 1.807) is 11.6 Å². The third-order valence-electron chi connectivity index (χ3n) is 4.47. The maximum atomic E-state index is 12.5. The molecule has 132 valence electrons. The molecule has 1 aromatic carbocycles. The zero-order chi connectivity index (χ0) is 18.0. The van der Waals surface area contributed by atoms with Gasteiger partial charge in [-0.2, -0.15) is 5.10 Å². The van der Waals surface area contributed by atoms with E-state index < -0.39 is 12.1 Å². The second-order valence-electron chi connectivity index (χ2n) is 6.50. The number of halogens is 1. The smallest absolute Gasteiger partial charge is 0.343 e. The third kappa shape index (κ3) is 3.93. The van der Waals surface area contributed by atoms with Crippen molar-refractivity contribution in [3.63, 3.8) is 0 Å². The second-order valence-corrected chi connectivity index (χ2v) is 6.86. The molecule has 0 aliphatic heterocycles. The minimum Gasteiger partial charge on any atom is -0.451 e. The van der Waals surface area contributed by atoms with Gasteiger partial charge in [0.25, 0.3) is 0 Å². The van der Waals surface area contributed by atoms with Crippen molar-refractivity contribution in [3.05, 3.63) is 51.8 Å². The van der Waals surface area contributed by atoms with E-state index in [9.17, 15) is 9.59 Å². The van der Waals surface area contributed by atoms with Gasteiger partial charge in [-0.25, -0.2) is 9.48 Å². The van der Waals surface area contributed by atoms with Crippen LogP contribution in [0.4, 0.5) is 0 Å². The van der Waals surface area contributed by atoms with Gasteiger partial charge in [-0.15, -0.1) is 0 Å². The number of hydrogen-bond donors (Lipinski definition) is 0. The van der Waals surface area contributed by atoms with Crippen LogP contribution in [0.2, 0.25) is 5.15 Å². The number of hydrogen-bond acceptors (Lipinski definition) is 4. The number of ether oxygens (including phenoxy) is 1. The summed E-state index contributed by atoms with van der Waals surface area (Å²) in [5.74, 6) is -0.585. The first-order chi connectivity index (χ1) is 12.0. The number of carbonyl (C=O) groups is 2. The van der Waals surface area contributed by atoms with Crippen molar-refractivity contribution in [1.29, 1.82) is 0 Å². The van der Waals surface area contributed by atoms with Gasteiger partial charge < -0.3 is 4.74 Å². The topological polar surface area (TPSA) is 61.2 Å². The third-order valence-corrected chi connectivity index (χ3v) is 4.85. The van der Waals surface area contributed by atoms with E-state index in [1.165, 1.54) is 5.56 Å². The molecule has 0 N–H and O–H groups in total. The molecule has 0 bridgehead atoms. The summed E-state index contributed by atoms with van der Waals surface area (Å²) in [6, 6.07) is 8.04. The highest BCUT2D eigenvalue weighted by atomic mass is 35.5. The number of benzene rings is 1. The summed E-state index contributed by atoms with van der Waals surface area (Å²) in [7, 11) is 0. The minimum absolute atomic E-state index is 0.0135. The molecule has 1 aromatic heterocycles. The average molecular weight is 361 g/mol. The van der Waals surface area contributed by atoms with Gasteiger partial charge in [0.1, 0.15) is 10.7 Å². The predicted molar refractivity (Wildman–Crippen MR) is 94.9 cm³/mol. The Morgan fingerprint density at radius 1 is 1.28 bits per heavy atom. The Morgan fingerprint density at radius 3 is 2.68 bits per heavy atom. The molecule has 25 heavy (non-hydrogen) atoms. The van der Waals surface area contributed by atoms with Crippen molar-refractivity contribution in [2.45, 2.75) is 52.2 Å². The van der Waals surface area contributed by atoms with E-state index >= 15 is 0 Å². The summed E-state index contributed by atoms with van der Waals surface area (Å²) in [4.78, 5) is 24.4. The van der Waals surface area contributed by atoms with Gasteiger partial charge in [0, 0.05) is 6.42 Å². The molecule has 5 nitrogen and oxygen atoms in total. The molecule has 0 radical (unpaired) electrons. The number of rotatable bonds is 4. The van der Waals surface area contributed by atoms with Crippen LogP contribution in [0.15, 0.2) is 24.3 Å². The quantitative estimate of drug-likeness (QED) is 0.776. The number of nitrogens with zero attached hydrogens (tertiary/aromatic N) is 2. The van der Waals surface area contributed by atoms with Crippen LogP contribution in [0.3, 0.4) is 0 Å². The van der Waals surface area contributed by atoms with Crippen molar-refractivity contribution in [2.24, 2.45) is 0 Å². The number of Topliss-reactive ketones (excluding diaryl/α,β-unsaturated/α-hetero) is 1. The standard InChI is InChI=1S/C19H21ClN2O3/c1-12-7-9-14(10-8-12)11-22-18(20)17(13(2)21-22)19(24)25-16-6-4-3-5-15(16)23/h7-10,16H,3-6,11H2,1-2H3. The number of aromatic nitrogens is 2. The SMILES string of the molecule is Cc1ccc(Cn2nc(C)c(C(=O)OC3CCCCC3=O)c2Cl)cc1. The molecule has 0 saturated heterocycles. The highest BCUT2D eigenvalue weighted by Crippen LogP contribution is 2.25. The van der Waals surface area contributed by atoms with Gasteiger partial charge in [-0.05, 0) is 38.7 Å². The summed E-state index contributed by atoms with van der Waals surface area (Å²) < 4.78 is 6.99. The Bertz CT molecular complexity index is 796. The Balaban J connectivity index is 1.77. The molecular formula is C19H21ClN2O3. The summed E-state index contributed by atoms with van der Waals surface area (Å²) in [5, 5.41) is 4.60. The average Bonchev–Trinajstić information content (AvgIpc) is 2.85. The van der Waals surface area contributed by atoms with Crippen molar-refractivity contribution < 1.29 is 14.3 Å². The van der Waals surface area contributed by atoms with E-state index in [4.69, 9.17) is 16.3 Å². The van der Waals surface area contributed by atoms with Crippen LogP contribution in [0, 0.1) is 13.8 Å². The zero-order valence-corrected chi connectivity index (χ0v) is 15.2. The van der Waals surface area contributed by atoms with E-state index in [1.807, 2.05) is 31.2 Å². The van der Waals surface area contributed by atoms with Crippen LogP contribution < -0.4 is 0 Å². The largest absolute Gasteiger partial charge is 0.451 e. The minimum atomic E-state index is -0.655. The predicted octanol–water partition coefficient (Wildman–Crippen LogP) is 3.87. The normalized spacial score (nSPS) is 17.6. The molecule has 1 heterocycles. The maximum Gasteiger partial charge on any atom is 0.343 e. The van der Waals surface area contributed by atoms with Crippen LogP contribution in [0.1, 0.15) is 52.9 Å². The lowest BCUT2D eigenvalue weighted by Crippen LogP contribution is -2.30. The van der Waals surface area contributed by atoms with Crippen LogP contribution in [-0.2, 0) is 16.1 Å². The Kier molecular flexibility index (Phi) is 5.23. The summed E-state index contributed by atoms with van der Waals surface area (Å²) in [6.07, 6.45) is 2.15. The van der Waals surface area contributed by atoms with Crippen LogP contribution in [0.5, 0.6) is 0 Å². The first-order valence-corrected chi connectivity index (χ1v) is 8.85. The van der Waals surface area contributed by atoms with Gasteiger partial charge in [0.15, 0.2) is 11.9 Å². The monoisotopic (exact) mass is 360 g/mol. The van der Waals surface area contributed by atoms with Crippen LogP contribution in [-0.4, -0.2) is 27.6 Å². The van der Waals surface area contributed by atoms with Crippen LogP contribution >= 0.6 is 11.6 Å². The van der Waals surface area contributed by atoms with Gasteiger partial charge in [-0.3, -0.25) is 4.79 Å². The molecule has 6 heteroatoms. The van der Waals surface area contributed by atoms with Gasteiger partial charge in [0.2, 0.25) is 0 Å². The Hall–Kier alpha value is -2.14. The summed E-state index contributed by atoms with van der Waals surface area (Å²) in [5.41, 5.74) is 2.96. The molecule has 2 aromatic rings. The highest BCUT2D eigenvalue weighted by molar-refractivity contribution is 6.32. The van der Waals surface area contributed by atoms with Gasteiger partial charge >= 0.3 is 5.97 Å². The Labute approximate surface area is 151 Å². The van der Waals surface area contributed by atoms with E-state index in [-0.39, 0.29) is 16.5 Å². The summed E-state index contributed by atoms with van der Waals surface area (Å²) >= 11 is 6.37. The molecule has 1 fully saturated rings. The summed E-state index contributed by atoms with van der Waals surface area (Å²) in [6.45, 7) is 4.21. The molecule has 1 aliphatic rings. The van der Waals surface area contributed by atoms with Gasteiger partial charge in [0.05, 0.1) is 12.2 Å². The molecule has 0 spiro atoms. The molecular weight excluding hydrogens is 340 g/mol. The molecule has 1 saturated carbocycles. The number of ketones is 1. The first kappa shape index (κ1) is 17.7. The molecule has 0 amide bonds. The highest BCUT2D eigenvalue weighted by Gasteiger charge is 2.29. The van der Waals surface area contributed by atoms with Gasteiger partial charge in [-0.1, -0.05) is 41.4 Å². The van der Waals surface area contributed by atoms with Crippen LogP contribution in [0.25, 0.3) is 0 Å². The number of aryl methyl sites for hydroxylation is 2. The lowest BCUT2D eigenvalue weighted by molar-refractivity contribution is -0.129. The van der Waals surface area contributed by atoms with Crippen molar-refractivity contribution >= 4 is 23.4 Å². The van der Waals surface area contributed by atoms with Crippen molar-refractivity contribution in [2.75, 3.05) is 0 Å². The number of carbonyl (C=O) groups excluding carboxylic acids is 2. The maximum absolute atomic E-state index is 12.5. The fourth-order valence-electron chi connectivity index (χ4n) is 3.02.